The van der Waals surface area contributed by atoms with E-state index in [1.54, 1.807) is 15.5 Å². The van der Waals surface area contributed by atoms with Crippen molar-refractivity contribution in [1.29, 1.82) is 0 Å². The second-order valence-corrected chi connectivity index (χ2v) is 6.42. The van der Waals surface area contributed by atoms with Gasteiger partial charge in [-0.1, -0.05) is 0 Å². The molecule has 9 heteroatoms. The molecule has 0 unspecified atom stereocenters. The van der Waals surface area contributed by atoms with Crippen molar-refractivity contribution in [3.8, 4) is 0 Å². The van der Waals surface area contributed by atoms with E-state index in [4.69, 9.17) is 4.74 Å². The molecule has 0 aliphatic carbocycles. The molecule has 8 nitrogen and oxygen atoms in total. The molecule has 0 amide bonds. The molecule has 0 saturated carbocycles. The summed E-state index contributed by atoms with van der Waals surface area (Å²) in [5.41, 5.74) is 2.44. The lowest BCUT2D eigenvalue weighted by molar-refractivity contribution is 0.0605. The molecular weight excluding hydrogens is 328 g/mol. The normalized spacial score (nSPS) is 11.5. The maximum absolute atomic E-state index is 11.9. The molecule has 0 saturated heterocycles. The fourth-order valence-corrected chi connectivity index (χ4v) is 3.69. The first-order chi connectivity index (χ1) is 11.6. The average Bonchev–Trinajstić information content (AvgIpc) is 3.24. The molecule has 4 rings (SSSR count). The number of ether oxygens (including phenoxy) is 1. The molecule has 4 aromatic heterocycles. The quantitative estimate of drug-likeness (QED) is 0.529. The zero-order valence-electron chi connectivity index (χ0n) is 13.3. The predicted molar refractivity (Wildman–Crippen MR) is 88.3 cm³/mol. The summed E-state index contributed by atoms with van der Waals surface area (Å²) in [5.74, 6) is 0.276. The summed E-state index contributed by atoms with van der Waals surface area (Å²) in [6.07, 6.45) is 3.50. The first-order valence-electron chi connectivity index (χ1n) is 7.28. The highest BCUT2D eigenvalue weighted by atomic mass is 32.1. The molecule has 4 heterocycles. The fraction of sp³-hybridized carbons (Fsp3) is 0.267. The van der Waals surface area contributed by atoms with Gasteiger partial charge in [0.25, 0.3) is 0 Å². The van der Waals surface area contributed by atoms with Gasteiger partial charge in [-0.15, -0.1) is 16.4 Å². The van der Waals surface area contributed by atoms with Crippen molar-refractivity contribution in [1.82, 2.24) is 29.4 Å². The number of methoxy groups -OCH3 is 1. The van der Waals surface area contributed by atoms with E-state index in [2.05, 4.69) is 20.2 Å². The number of carbonyl (C=O) groups excluding carboxylic acids is 1. The Hall–Kier alpha value is -2.81. The molecule has 0 N–H and O–H groups in total. The number of thiophene rings is 1. The fourth-order valence-electron chi connectivity index (χ4n) is 2.63. The van der Waals surface area contributed by atoms with Crippen molar-refractivity contribution in [3.63, 3.8) is 0 Å². The van der Waals surface area contributed by atoms with E-state index in [0.29, 0.717) is 22.9 Å². The molecule has 4 aromatic rings. The molecule has 122 valence electrons. The summed E-state index contributed by atoms with van der Waals surface area (Å²) in [6, 6.07) is 1.93. The third kappa shape index (κ3) is 2.24. The number of hydrogen-bond acceptors (Lipinski definition) is 7. The standard InChI is InChI=1S/C15H14N6O2S/c1-8-4-5-20(18-8)6-10-17-13-11-9(2)12(15(22)23-3)24-14(11)16-7-21(13)19-10/h4-5,7H,6H2,1-3H3. The topological polar surface area (TPSA) is 87.2 Å². The van der Waals surface area contributed by atoms with Crippen molar-refractivity contribution in [2.75, 3.05) is 7.11 Å². The van der Waals surface area contributed by atoms with Gasteiger partial charge in [0.2, 0.25) is 0 Å². The predicted octanol–water partition coefficient (Wildman–Crippen LogP) is 1.99. The summed E-state index contributed by atoms with van der Waals surface area (Å²) in [7, 11) is 1.37. The molecule has 24 heavy (non-hydrogen) atoms. The number of aryl methyl sites for hydroxylation is 2. The van der Waals surface area contributed by atoms with E-state index >= 15 is 0 Å². The van der Waals surface area contributed by atoms with E-state index in [-0.39, 0.29) is 5.97 Å². The van der Waals surface area contributed by atoms with E-state index in [1.807, 2.05) is 26.1 Å². The molecule has 0 atom stereocenters. The molecule has 0 spiro atoms. The van der Waals surface area contributed by atoms with Crippen LogP contribution in [0, 0.1) is 13.8 Å². The van der Waals surface area contributed by atoms with Crippen molar-refractivity contribution in [2.24, 2.45) is 0 Å². The van der Waals surface area contributed by atoms with Crippen LogP contribution in [0.4, 0.5) is 0 Å². The zero-order chi connectivity index (χ0) is 16.8. The number of hydrogen-bond donors (Lipinski definition) is 0. The van der Waals surface area contributed by atoms with Gasteiger partial charge in [0.15, 0.2) is 11.5 Å². The van der Waals surface area contributed by atoms with Crippen LogP contribution in [0.5, 0.6) is 0 Å². The molecule has 0 aromatic carbocycles. The maximum Gasteiger partial charge on any atom is 0.348 e. The number of esters is 1. The Morgan fingerprint density at radius 1 is 1.33 bits per heavy atom. The van der Waals surface area contributed by atoms with Crippen molar-refractivity contribution < 1.29 is 9.53 Å². The van der Waals surface area contributed by atoms with Crippen molar-refractivity contribution in [2.45, 2.75) is 20.4 Å². The van der Waals surface area contributed by atoms with E-state index < -0.39 is 0 Å². The van der Waals surface area contributed by atoms with Gasteiger partial charge in [0, 0.05) is 6.20 Å². The minimum Gasteiger partial charge on any atom is -0.465 e. The number of aromatic nitrogens is 6. The van der Waals surface area contributed by atoms with Gasteiger partial charge in [-0.05, 0) is 25.5 Å². The number of nitrogens with zero attached hydrogens (tertiary/aromatic N) is 6. The third-order valence-electron chi connectivity index (χ3n) is 3.76. The van der Waals surface area contributed by atoms with Crippen LogP contribution in [0.15, 0.2) is 18.6 Å². The second-order valence-electron chi connectivity index (χ2n) is 5.42. The first-order valence-corrected chi connectivity index (χ1v) is 8.10. The third-order valence-corrected chi connectivity index (χ3v) is 4.94. The summed E-state index contributed by atoms with van der Waals surface area (Å²) in [4.78, 5) is 22.2. The smallest absolute Gasteiger partial charge is 0.348 e. The van der Waals surface area contributed by atoms with Gasteiger partial charge in [0.05, 0.1) is 18.2 Å². The van der Waals surface area contributed by atoms with Crippen LogP contribution < -0.4 is 0 Å². The Morgan fingerprint density at radius 3 is 2.88 bits per heavy atom. The van der Waals surface area contributed by atoms with Crippen LogP contribution in [-0.4, -0.2) is 42.4 Å². The Kier molecular flexibility index (Phi) is 3.31. The van der Waals surface area contributed by atoms with E-state index in [1.165, 1.54) is 18.4 Å². The highest BCUT2D eigenvalue weighted by Crippen LogP contribution is 2.32. The Labute approximate surface area is 140 Å². The molecule has 0 aliphatic heterocycles. The lowest BCUT2D eigenvalue weighted by atomic mass is 10.2. The Balaban J connectivity index is 1.85. The highest BCUT2D eigenvalue weighted by molar-refractivity contribution is 7.20. The van der Waals surface area contributed by atoms with Crippen LogP contribution in [0.25, 0.3) is 15.9 Å². The van der Waals surface area contributed by atoms with Gasteiger partial charge in [-0.2, -0.15) is 5.10 Å². The van der Waals surface area contributed by atoms with Crippen LogP contribution in [0.1, 0.15) is 26.8 Å². The molecular formula is C15H14N6O2S. The average molecular weight is 342 g/mol. The Bertz CT molecular complexity index is 1080. The number of rotatable bonds is 3. The molecule has 0 fully saturated rings. The van der Waals surface area contributed by atoms with E-state index in [9.17, 15) is 4.79 Å². The summed E-state index contributed by atoms with van der Waals surface area (Å²) in [5, 5.41) is 9.63. The summed E-state index contributed by atoms with van der Waals surface area (Å²) < 4.78 is 8.26. The lowest BCUT2D eigenvalue weighted by Crippen LogP contribution is -2.02. The van der Waals surface area contributed by atoms with Crippen molar-refractivity contribution in [3.05, 3.63) is 40.5 Å². The number of carbonyl (C=O) groups is 1. The van der Waals surface area contributed by atoms with Gasteiger partial charge >= 0.3 is 5.97 Å². The lowest BCUT2D eigenvalue weighted by Gasteiger charge is -1.96. The molecule has 0 radical (unpaired) electrons. The van der Waals surface area contributed by atoms with Crippen molar-refractivity contribution >= 4 is 33.2 Å². The van der Waals surface area contributed by atoms with Gasteiger partial charge in [-0.25, -0.2) is 19.3 Å². The van der Waals surface area contributed by atoms with Crippen LogP contribution in [-0.2, 0) is 11.3 Å². The second kappa shape index (κ2) is 5.38. The highest BCUT2D eigenvalue weighted by Gasteiger charge is 2.20. The first kappa shape index (κ1) is 14.8. The summed E-state index contributed by atoms with van der Waals surface area (Å²) >= 11 is 1.30. The minimum atomic E-state index is -0.361. The zero-order valence-corrected chi connectivity index (χ0v) is 14.2. The Morgan fingerprint density at radius 2 is 2.17 bits per heavy atom. The maximum atomic E-state index is 11.9. The monoisotopic (exact) mass is 342 g/mol. The summed E-state index contributed by atoms with van der Waals surface area (Å²) in [6.45, 7) is 4.28. The van der Waals surface area contributed by atoms with Gasteiger partial charge in [-0.3, -0.25) is 4.68 Å². The van der Waals surface area contributed by atoms with Gasteiger partial charge in [0.1, 0.15) is 22.6 Å². The SMILES string of the molecule is COC(=O)c1sc2ncn3nc(Cn4ccc(C)n4)nc3c2c1C. The molecule has 0 bridgehead atoms. The van der Waals surface area contributed by atoms with Crippen LogP contribution >= 0.6 is 11.3 Å². The van der Waals surface area contributed by atoms with E-state index in [0.717, 1.165) is 21.5 Å². The van der Waals surface area contributed by atoms with Crippen LogP contribution in [0.3, 0.4) is 0 Å². The largest absolute Gasteiger partial charge is 0.465 e. The number of fused-ring (bicyclic) bond motifs is 3. The van der Waals surface area contributed by atoms with Crippen LogP contribution in [0.2, 0.25) is 0 Å². The molecule has 0 aliphatic rings. The minimum absolute atomic E-state index is 0.361. The van der Waals surface area contributed by atoms with Gasteiger partial charge < -0.3 is 4.74 Å².